The highest BCUT2D eigenvalue weighted by atomic mass is 32.2. The van der Waals surface area contributed by atoms with Crippen molar-refractivity contribution in [3.05, 3.63) is 48.3 Å². The van der Waals surface area contributed by atoms with Gasteiger partial charge in [0.05, 0.1) is 16.0 Å². The maximum Gasteiger partial charge on any atom is 0.251 e. The molecule has 0 saturated heterocycles. The summed E-state index contributed by atoms with van der Waals surface area (Å²) in [6.45, 7) is 0.0966. The molecular formula is C16H15N3O3S2. The van der Waals surface area contributed by atoms with Crippen molar-refractivity contribution in [3.8, 4) is 10.6 Å². The van der Waals surface area contributed by atoms with Crippen LogP contribution in [0, 0.1) is 0 Å². The third kappa shape index (κ3) is 3.95. The first kappa shape index (κ1) is 16.5. The number of aromatic nitrogens is 2. The van der Waals surface area contributed by atoms with Crippen LogP contribution in [-0.2, 0) is 9.84 Å². The first-order valence-electron chi connectivity index (χ1n) is 7.19. The van der Waals surface area contributed by atoms with Crippen molar-refractivity contribution < 1.29 is 13.2 Å². The predicted molar refractivity (Wildman–Crippen MR) is 94.9 cm³/mol. The normalized spacial score (nSPS) is 11.5. The number of carbonyl (C=O) groups is 1. The fourth-order valence-corrected chi connectivity index (χ4v) is 3.60. The summed E-state index contributed by atoms with van der Waals surface area (Å²) in [7, 11) is -3.09. The van der Waals surface area contributed by atoms with Gasteiger partial charge in [0.15, 0.2) is 0 Å². The van der Waals surface area contributed by atoms with Crippen molar-refractivity contribution in [2.75, 3.05) is 18.6 Å². The first-order valence-corrected chi connectivity index (χ1v) is 10.1. The molecule has 6 nitrogen and oxygen atoms in total. The number of nitrogens with zero attached hydrogens (tertiary/aromatic N) is 2. The standard InChI is InChI=1S/C16H15N3O3S2/c1-24(21,22)8-7-18-15(20)11-4-5-13-14(9-11)23-16(19-13)12-3-2-6-17-10-12/h2-6,9-10H,7-8H2,1H3,(H,18,20). The van der Waals surface area contributed by atoms with Crippen LogP contribution in [0.15, 0.2) is 42.7 Å². The molecule has 8 heteroatoms. The third-order valence-corrected chi connectivity index (χ3v) is 5.33. The van der Waals surface area contributed by atoms with Gasteiger partial charge in [-0.05, 0) is 30.3 Å². The van der Waals surface area contributed by atoms with Crippen LogP contribution < -0.4 is 5.32 Å². The summed E-state index contributed by atoms with van der Waals surface area (Å²) in [6.07, 6.45) is 4.59. The quantitative estimate of drug-likeness (QED) is 0.752. The van der Waals surface area contributed by atoms with E-state index in [4.69, 9.17) is 0 Å². The Morgan fingerprint density at radius 3 is 2.83 bits per heavy atom. The highest BCUT2D eigenvalue weighted by Gasteiger charge is 2.11. The summed E-state index contributed by atoms with van der Waals surface area (Å²) in [5.41, 5.74) is 2.22. The fourth-order valence-electron chi connectivity index (χ4n) is 2.13. The van der Waals surface area contributed by atoms with Gasteiger partial charge in [-0.1, -0.05) is 0 Å². The van der Waals surface area contributed by atoms with E-state index in [-0.39, 0.29) is 18.2 Å². The molecule has 0 aliphatic heterocycles. The van der Waals surface area contributed by atoms with E-state index >= 15 is 0 Å². The van der Waals surface area contributed by atoms with Gasteiger partial charge in [-0.25, -0.2) is 13.4 Å². The molecule has 124 valence electrons. The summed E-state index contributed by atoms with van der Waals surface area (Å²) in [4.78, 5) is 20.7. The second kappa shape index (κ2) is 6.66. The highest BCUT2D eigenvalue weighted by Crippen LogP contribution is 2.30. The molecule has 1 N–H and O–H groups in total. The van der Waals surface area contributed by atoms with E-state index in [2.05, 4.69) is 15.3 Å². The summed E-state index contributed by atoms with van der Waals surface area (Å²) in [5.74, 6) is -0.371. The molecule has 3 rings (SSSR count). The number of sulfone groups is 1. The van der Waals surface area contributed by atoms with E-state index in [0.29, 0.717) is 5.56 Å². The molecule has 0 atom stereocenters. The minimum Gasteiger partial charge on any atom is -0.351 e. The Morgan fingerprint density at radius 2 is 2.12 bits per heavy atom. The van der Waals surface area contributed by atoms with Crippen molar-refractivity contribution in [2.45, 2.75) is 0 Å². The second-order valence-corrected chi connectivity index (χ2v) is 8.62. The van der Waals surface area contributed by atoms with Gasteiger partial charge in [0.25, 0.3) is 5.91 Å². The molecule has 0 spiro atoms. The lowest BCUT2D eigenvalue weighted by atomic mass is 10.2. The first-order chi connectivity index (χ1) is 11.4. The number of hydrogen-bond acceptors (Lipinski definition) is 6. The van der Waals surface area contributed by atoms with E-state index in [1.165, 1.54) is 11.3 Å². The Balaban J connectivity index is 1.80. The molecule has 0 saturated carbocycles. The van der Waals surface area contributed by atoms with Crippen molar-refractivity contribution in [3.63, 3.8) is 0 Å². The third-order valence-electron chi connectivity index (χ3n) is 3.32. The molecule has 0 aliphatic rings. The number of amides is 1. The molecular weight excluding hydrogens is 346 g/mol. The number of rotatable bonds is 5. The molecule has 2 heterocycles. The average Bonchev–Trinajstić information content (AvgIpc) is 2.97. The van der Waals surface area contributed by atoms with Gasteiger partial charge in [0.2, 0.25) is 0 Å². The van der Waals surface area contributed by atoms with Gasteiger partial charge >= 0.3 is 0 Å². The minimum absolute atomic E-state index is 0.0767. The van der Waals surface area contributed by atoms with Gasteiger partial charge < -0.3 is 5.32 Å². The lowest BCUT2D eigenvalue weighted by Gasteiger charge is -2.04. The Morgan fingerprint density at radius 1 is 1.29 bits per heavy atom. The van der Waals surface area contributed by atoms with Gasteiger partial charge in [-0.2, -0.15) is 0 Å². The smallest absolute Gasteiger partial charge is 0.251 e. The number of carbonyl (C=O) groups excluding carboxylic acids is 1. The van der Waals surface area contributed by atoms with Gasteiger partial charge in [0, 0.05) is 36.3 Å². The molecule has 24 heavy (non-hydrogen) atoms. The van der Waals surface area contributed by atoms with Crippen molar-refractivity contribution in [1.82, 2.24) is 15.3 Å². The van der Waals surface area contributed by atoms with E-state index in [1.807, 2.05) is 12.1 Å². The molecule has 1 amide bonds. The van der Waals surface area contributed by atoms with Crippen molar-refractivity contribution >= 4 is 37.3 Å². The van der Waals surface area contributed by atoms with Crippen LogP contribution in [0.3, 0.4) is 0 Å². The van der Waals surface area contributed by atoms with E-state index in [0.717, 1.165) is 27.0 Å². The summed E-state index contributed by atoms with van der Waals surface area (Å²) in [5, 5.41) is 3.46. The lowest BCUT2D eigenvalue weighted by molar-refractivity contribution is 0.0956. The number of thiazole rings is 1. The van der Waals surface area contributed by atoms with Crippen molar-refractivity contribution in [2.24, 2.45) is 0 Å². The maximum absolute atomic E-state index is 12.1. The van der Waals surface area contributed by atoms with Crippen LogP contribution in [0.4, 0.5) is 0 Å². The topological polar surface area (TPSA) is 89.0 Å². The van der Waals surface area contributed by atoms with E-state index in [9.17, 15) is 13.2 Å². The number of hydrogen-bond donors (Lipinski definition) is 1. The van der Waals surface area contributed by atoms with Crippen LogP contribution in [-0.4, -0.2) is 42.8 Å². The summed E-state index contributed by atoms with van der Waals surface area (Å²) >= 11 is 1.48. The highest BCUT2D eigenvalue weighted by molar-refractivity contribution is 7.90. The predicted octanol–water partition coefficient (Wildman–Crippen LogP) is 2.13. The number of pyridine rings is 1. The van der Waals surface area contributed by atoms with Gasteiger partial charge in [-0.3, -0.25) is 9.78 Å². The van der Waals surface area contributed by atoms with Crippen LogP contribution >= 0.6 is 11.3 Å². The van der Waals surface area contributed by atoms with Crippen molar-refractivity contribution in [1.29, 1.82) is 0 Å². The van der Waals surface area contributed by atoms with Gasteiger partial charge in [-0.15, -0.1) is 11.3 Å². The average molecular weight is 361 g/mol. The summed E-state index contributed by atoms with van der Waals surface area (Å²) in [6, 6.07) is 9.02. The number of nitrogens with one attached hydrogen (secondary N) is 1. The molecule has 0 radical (unpaired) electrons. The SMILES string of the molecule is CS(=O)(=O)CCNC(=O)c1ccc2nc(-c3cccnc3)sc2c1. The van der Waals surface area contributed by atoms with E-state index < -0.39 is 9.84 Å². The van der Waals surface area contributed by atoms with E-state index in [1.54, 1.807) is 30.6 Å². The molecule has 0 unspecified atom stereocenters. The Kier molecular flexibility index (Phi) is 4.59. The zero-order valence-electron chi connectivity index (χ0n) is 12.9. The fraction of sp³-hybridized carbons (Fsp3) is 0.188. The lowest BCUT2D eigenvalue weighted by Crippen LogP contribution is -2.28. The largest absolute Gasteiger partial charge is 0.351 e. The Bertz CT molecular complexity index is 982. The molecule has 0 fully saturated rings. The zero-order chi connectivity index (χ0) is 17.2. The van der Waals surface area contributed by atoms with Crippen LogP contribution in [0.1, 0.15) is 10.4 Å². The summed E-state index contributed by atoms with van der Waals surface area (Å²) < 4.78 is 23.1. The molecule has 2 aromatic heterocycles. The van der Waals surface area contributed by atoms with Crippen LogP contribution in [0.2, 0.25) is 0 Å². The zero-order valence-corrected chi connectivity index (χ0v) is 14.5. The number of fused-ring (bicyclic) bond motifs is 1. The monoisotopic (exact) mass is 361 g/mol. The van der Waals surface area contributed by atoms with Crippen LogP contribution in [0.5, 0.6) is 0 Å². The minimum atomic E-state index is -3.09. The molecule has 0 aliphatic carbocycles. The molecule has 1 aromatic carbocycles. The molecule has 0 bridgehead atoms. The van der Waals surface area contributed by atoms with Gasteiger partial charge in [0.1, 0.15) is 14.8 Å². The maximum atomic E-state index is 12.1. The second-order valence-electron chi connectivity index (χ2n) is 5.33. The number of benzene rings is 1. The van der Waals surface area contributed by atoms with Crippen LogP contribution in [0.25, 0.3) is 20.8 Å². The Labute approximate surface area is 143 Å². The molecule has 3 aromatic rings. The Hall–Kier alpha value is -2.32.